The van der Waals surface area contributed by atoms with Crippen LogP contribution in [0.25, 0.3) is 17.4 Å². The van der Waals surface area contributed by atoms with Gasteiger partial charge < -0.3 is 9.15 Å². The van der Waals surface area contributed by atoms with Gasteiger partial charge in [-0.2, -0.15) is 0 Å². The van der Waals surface area contributed by atoms with E-state index in [4.69, 9.17) is 9.15 Å². The van der Waals surface area contributed by atoms with E-state index in [2.05, 4.69) is 0 Å². The number of benzene rings is 2. The number of carbonyl (C=O) groups excluding carboxylic acids is 2. The maximum atomic E-state index is 12.8. The van der Waals surface area contributed by atoms with E-state index in [-0.39, 0.29) is 28.3 Å². The standard InChI is InChI=1S/C23H18N2O6S/c1-14-5-3-4-6-15(14)13-24-22(26)21(32-23(24)27)12-17-8-10-19(31-17)18-9-7-16(25(28)29)11-20(18)30-2/h3-12H,13H2,1-2H3/b21-12-. The number of hydrogen-bond donors (Lipinski definition) is 0. The highest BCUT2D eigenvalue weighted by molar-refractivity contribution is 8.18. The molecule has 2 heterocycles. The third-order valence-corrected chi connectivity index (χ3v) is 5.93. The lowest BCUT2D eigenvalue weighted by Crippen LogP contribution is -2.27. The van der Waals surface area contributed by atoms with Gasteiger partial charge in [0.15, 0.2) is 0 Å². The molecule has 4 rings (SSSR count). The Balaban J connectivity index is 1.57. The molecule has 0 N–H and O–H groups in total. The molecule has 2 aromatic carbocycles. The van der Waals surface area contributed by atoms with E-state index in [1.807, 2.05) is 31.2 Å². The predicted molar refractivity (Wildman–Crippen MR) is 120 cm³/mol. The Morgan fingerprint density at radius 3 is 2.66 bits per heavy atom. The summed E-state index contributed by atoms with van der Waals surface area (Å²) in [7, 11) is 1.41. The summed E-state index contributed by atoms with van der Waals surface area (Å²) in [4.78, 5) is 37.2. The number of thioether (sulfide) groups is 1. The van der Waals surface area contributed by atoms with Crippen LogP contribution in [0.1, 0.15) is 16.9 Å². The minimum absolute atomic E-state index is 0.0975. The second-order valence-corrected chi connectivity index (χ2v) is 8.03. The minimum Gasteiger partial charge on any atom is -0.496 e. The summed E-state index contributed by atoms with van der Waals surface area (Å²) in [5.41, 5.74) is 2.34. The lowest BCUT2D eigenvalue weighted by molar-refractivity contribution is -0.384. The number of rotatable bonds is 6. The maximum absolute atomic E-state index is 12.8. The molecule has 1 aliphatic rings. The first-order valence-electron chi connectivity index (χ1n) is 9.60. The monoisotopic (exact) mass is 450 g/mol. The van der Waals surface area contributed by atoms with Crippen LogP contribution in [0.3, 0.4) is 0 Å². The van der Waals surface area contributed by atoms with E-state index in [1.165, 1.54) is 36.3 Å². The Kier molecular flexibility index (Phi) is 5.83. The number of aryl methyl sites for hydroxylation is 1. The van der Waals surface area contributed by atoms with Crippen molar-refractivity contribution in [3.8, 4) is 17.1 Å². The molecule has 0 saturated carbocycles. The fraction of sp³-hybridized carbons (Fsp3) is 0.130. The number of amides is 2. The summed E-state index contributed by atoms with van der Waals surface area (Å²) in [5, 5.41) is 10.6. The molecular weight excluding hydrogens is 432 g/mol. The van der Waals surface area contributed by atoms with E-state index in [9.17, 15) is 19.7 Å². The third-order valence-electron chi connectivity index (χ3n) is 5.02. The quantitative estimate of drug-likeness (QED) is 0.281. The molecule has 1 fully saturated rings. The van der Waals surface area contributed by atoms with Gasteiger partial charge in [0.1, 0.15) is 17.3 Å². The van der Waals surface area contributed by atoms with Crippen molar-refractivity contribution in [3.63, 3.8) is 0 Å². The van der Waals surface area contributed by atoms with Crippen LogP contribution in [0.2, 0.25) is 0 Å². The van der Waals surface area contributed by atoms with Crippen molar-refractivity contribution in [3.05, 3.63) is 86.5 Å². The largest absolute Gasteiger partial charge is 0.496 e. The Morgan fingerprint density at radius 2 is 1.94 bits per heavy atom. The van der Waals surface area contributed by atoms with E-state index >= 15 is 0 Å². The van der Waals surface area contributed by atoms with Crippen molar-refractivity contribution >= 4 is 34.7 Å². The van der Waals surface area contributed by atoms with Crippen LogP contribution < -0.4 is 4.74 Å². The number of methoxy groups -OCH3 is 1. The average molecular weight is 450 g/mol. The van der Waals surface area contributed by atoms with Gasteiger partial charge in [-0.1, -0.05) is 24.3 Å². The van der Waals surface area contributed by atoms with Crippen molar-refractivity contribution in [2.24, 2.45) is 0 Å². The zero-order valence-electron chi connectivity index (χ0n) is 17.2. The first-order chi connectivity index (χ1) is 15.4. The van der Waals surface area contributed by atoms with Crippen LogP contribution in [0.5, 0.6) is 5.75 Å². The number of nitro benzene ring substituents is 1. The molecule has 9 heteroatoms. The molecule has 1 aliphatic heterocycles. The fourth-order valence-corrected chi connectivity index (χ4v) is 4.11. The van der Waals surface area contributed by atoms with Gasteiger partial charge in [0.05, 0.1) is 35.1 Å². The Hall–Kier alpha value is -3.85. The van der Waals surface area contributed by atoms with E-state index in [0.717, 1.165) is 22.9 Å². The zero-order valence-corrected chi connectivity index (χ0v) is 18.0. The molecule has 0 aliphatic carbocycles. The van der Waals surface area contributed by atoms with Crippen LogP contribution in [0.4, 0.5) is 10.5 Å². The molecule has 0 spiro atoms. The highest BCUT2D eigenvalue weighted by Crippen LogP contribution is 2.37. The number of imide groups is 1. The molecular formula is C23H18N2O6S. The van der Waals surface area contributed by atoms with Gasteiger partial charge in [0, 0.05) is 12.1 Å². The number of hydrogen-bond acceptors (Lipinski definition) is 7. The molecule has 8 nitrogen and oxygen atoms in total. The lowest BCUT2D eigenvalue weighted by atomic mass is 10.1. The Morgan fingerprint density at radius 1 is 1.16 bits per heavy atom. The molecule has 0 unspecified atom stereocenters. The van der Waals surface area contributed by atoms with Gasteiger partial charge in [0.25, 0.3) is 16.8 Å². The van der Waals surface area contributed by atoms with Gasteiger partial charge in [-0.25, -0.2) is 0 Å². The summed E-state index contributed by atoms with van der Waals surface area (Å²) in [6.45, 7) is 2.14. The summed E-state index contributed by atoms with van der Waals surface area (Å²) in [6, 6.07) is 15.1. The number of non-ortho nitro benzene ring substituents is 1. The van der Waals surface area contributed by atoms with Crippen molar-refractivity contribution in [1.82, 2.24) is 4.90 Å². The van der Waals surface area contributed by atoms with Crippen LogP contribution >= 0.6 is 11.8 Å². The second kappa shape index (κ2) is 8.72. The smallest absolute Gasteiger partial charge is 0.293 e. The summed E-state index contributed by atoms with van der Waals surface area (Å²) >= 11 is 0.859. The van der Waals surface area contributed by atoms with Crippen molar-refractivity contribution in [2.45, 2.75) is 13.5 Å². The first kappa shape index (κ1) is 21.4. The van der Waals surface area contributed by atoms with Crippen molar-refractivity contribution < 1.29 is 23.7 Å². The highest BCUT2D eigenvalue weighted by Gasteiger charge is 2.35. The molecule has 1 saturated heterocycles. The number of ether oxygens (including phenoxy) is 1. The Bertz CT molecular complexity index is 1260. The van der Waals surface area contributed by atoms with Crippen LogP contribution in [0.15, 0.2) is 63.9 Å². The number of carbonyl (C=O) groups is 2. The molecule has 0 radical (unpaired) electrons. The summed E-state index contributed by atoms with van der Waals surface area (Å²) in [5.74, 6) is 0.705. The minimum atomic E-state index is -0.507. The number of nitro groups is 1. The van der Waals surface area contributed by atoms with Gasteiger partial charge in [-0.3, -0.25) is 24.6 Å². The predicted octanol–water partition coefficient (Wildman–Crippen LogP) is 5.41. The highest BCUT2D eigenvalue weighted by atomic mass is 32.2. The van der Waals surface area contributed by atoms with Crippen LogP contribution in [0, 0.1) is 17.0 Å². The summed E-state index contributed by atoms with van der Waals surface area (Å²) < 4.78 is 11.1. The van der Waals surface area contributed by atoms with Gasteiger partial charge >= 0.3 is 0 Å². The summed E-state index contributed by atoms with van der Waals surface area (Å²) in [6.07, 6.45) is 1.52. The molecule has 2 amide bonds. The number of nitrogens with zero attached hydrogens (tertiary/aromatic N) is 2. The Labute approximate surface area is 187 Å². The lowest BCUT2D eigenvalue weighted by Gasteiger charge is -2.14. The second-order valence-electron chi connectivity index (χ2n) is 7.04. The normalized spacial score (nSPS) is 14.9. The average Bonchev–Trinajstić information content (AvgIpc) is 3.34. The van der Waals surface area contributed by atoms with Crippen molar-refractivity contribution in [1.29, 1.82) is 0 Å². The number of furan rings is 1. The maximum Gasteiger partial charge on any atom is 0.293 e. The molecule has 3 aromatic rings. The van der Waals surface area contributed by atoms with E-state index in [1.54, 1.807) is 12.1 Å². The molecule has 1 aromatic heterocycles. The van der Waals surface area contributed by atoms with E-state index < -0.39 is 4.92 Å². The topological polar surface area (TPSA) is 103 Å². The molecule has 162 valence electrons. The molecule has 0 bridgehead atoms. The molecule has 32 heavy (non-hydrogen) atoms. The van der Waals surface area contributed by atoms with Crippen LogP contribution in [-0.2, 0) is 11.3 Å². The van der Waals surface area contributed by atoms with Crippen LogP contribution in [-0.4, -0.2) is 28.1 Å². The zero-order chi connectivity index (χ0) is 22.8. The molecule has 0 atom stereocenters. The van der Waals surface area contributed by atoms with E-state index in [0.29, 0.717) is 22.8 Å². The SMILES string of the molecule is COc1cc([N+](=O)[O-])ccc1-c1ccc(/C=C2\SC(=O)N(Cc3ccccc3C)C2=O)o1. The third kappa shape index (κ3) is 4.15. The van der Waals surface area contributed by atoms with Gasteiger partial charge in [-0.15, -0.1) is 0 Å². The fourth-order valence-electron chi connectivity index (χ4n) is 3.30. The van der Waals surface area contributed by atoms with Crippen molar-refractivity contribution in [2.75, 3.05) is 7.11 Å². The first-order valence-corrected chi connectivity index (χ1v) is 10.4. The van der Waals surface area contributed by atoms with Gasteiger partial charge in [-0.05, 0) is 48.0 Å². The van der Waals surface area contributed by atoms with Gasteiger partial charge in [0.2, 0.25) is 0 Å².